The molecule has 1 aliphatic rings. The Morgan fingerprint density at radius 2 is 2.07 bits per heavy atom. The van der Waals surface area contributed by atoms with Crippen LogP contribution >= 0.6 is 0 Å². The highest BCUT2D eigenvalue weighted by atomic mass is 16.1. The van der Waals surface area contributed by atoms with Gasteiger partial charge >= 0.3 is 0 Å². The molecule has 1 amide bonds. The van der Waals surface area contributed by atoms with Crippen LogP contribution in [0.15, 0.2) is 24.3 Å². The van der Waals surface area contributed by atoms with E-state index in [1.807, 2.05) is 12.1 Å². The largest absolute Gasteiger partial charge is 0.398 e. The van der Waals surface area contributed by atoms with Crippen molar-refractivity contribution in [2.24, 2.45) is 0 Å². The predicted octanol–water partition coefficient (Wildman–Crippen LogP) is 1.94. The zero-order valence-electron chi connectivity index (χ0n) is 8.92. The van der Waals surface area contributed by atoms with E-state index < -0.39 is 0 Å². The Hall–Kier alpha value is -1.51. The average molecular weight is 204 g/mol. The molecule has 0 aliphatic heterocycles. The van der Waals surface area contributed by atoms with Crippen LogP contribution in [0.2, 0.25) is 0 Å². The molecule has 0 spiro atoms. The molecule has 3 heteroatoms. The molecule has 3 nitrogen and oxygen atoms in total. The zero-order chi connectivity index (χ0) is 10.9. The molecular formula is C12H16N2O. The molecule has 0 unspecified atom stereocenters. The lowest BCUT2D eigenvalue weighted by Gasteiger charge is -2.39. The quantitative estimate of drug-likeness (QED) is 0.723. The smallest absolute Gasteiger partial charge is 0.253 e. The molecular weight excluding hydrogens is 188 g/mol. The molecule has 1 saturated carbocycles. The maximum absolute atomic E-state index is 11.9. The Balaban J connectivity index is 2.11. The summed E-state index contributed by atoms with van der Waals surface area (Å²) in [6.07, 6.45) is 3.32. The first-order valence-electron chi connectivity index (χ1n) is 5.28. The molecule has 1 aromatic carbocycles. The van der Waals surface area contributed by atoms with Gasteiger partial charge in [0.2, 0.25) is 0 Å². The van der Waals surface area contributed by atoms with E-state index in [9.17, 15) is 4.79 Å². The van der Waals surface area contributed by atoms with Crippen molar-refractivity contribution in [3.05, 3.63) is 29.8 Å². The number of nitrogen functional groups attached to an aromatic ring is 1. The lowest BCUT2D eigenvalue weighted by molar-refractivity contribution is 0.0851. The minimum atomic E-state index is -0.0599. The van der Waals surface area contributed by atoms with Crippen molar-refractivity contribution in [3.8, 4) is 0 Å². The van der Waals surface area contributed by atoms with Crippen LogP contribution in [0.3, 0.4) is 0 Å². The van der Waals surface area contributed by atoms with Crippen LogP contribution in [0.1, 0.15) is 36.5 Å². The van der Waals surface area contributed by atoms with Crippen LogP contribution in [0.4, 0.5) is 5.69 Å². The van der Waals surface area contributed by atoms with Gasteiger partial charge < -0.3 is 11.1 Å². The molecule has 1 aromatic rings. The highest BCUT2D eigenvalue weighted by molar-refractivity contribution is 5.99. The molecule has 0 radical (unpaired) electrons. The van der Waals surface area contributed by atoms with Gasteiger partial charge in [-0.25, -0.2) is 0 Å². The monoisotopic (exact) mass is 204 g/mol. The maximum Gasteiger partial charge on any atom is 0.253 e. The summed E-state index contributed by atoms with van der Waals surface area (Å²) in [6.45, 7) is 2.08. The highest BCUT2D eigenvalue weighted by Gasteiger charge is 2.33. The zero-order valence-corrected chi connectivity index (χ0v) is 8.92. The molecule has 3 N–H and O–H groups in total. The Labute approximate surface area is 89.7 Å². The fraction of sp³-hybridized carbons (Fsp3) is 0.417. The second-order valence-corrected chi connectivity index (χ2v) is 4.46. The standard InChI is InChI=1S/C12H16N2O/c1-12(7-4-8-12)14-11(15)9-5-2-3-6-10(9)13/h2-3,5-6H,4,7-8,13H2,1H3,(H,14,15). The number of carbonyl (C=O) groups excluding carboxylic acids is 1. The summed E-state index contributed by atoms with van der Waals surface area (Å²) in [6, 6.07) is 7.16. The van der Waals surface area contributed by atoms with E-state index in [0.29, 0.717) is 11.3 Å². The minimum absolute atomic E-state index is 0.0145. The van der Waals surface area contributed by atoms with Gasteiger partial charge in [-0.1, -0.05) is 12.1 Å². The van der Waals surface area contributed by atoms with Gasteiger partial charge in [0.1, 0.15) is 0 Å². The summed E-state index contributed by atoms with van der Waals surface area (Å²) in [5.41, 5.74) is 6.84. The first kappa shape index (κ1) is 10.0. The van der Waals surface area contributed by atoms with Gasteiger partial charge in [-0.15, -0.1) is 0 Å². The van der Waals surface area contributed by atoms with Gasteiger partial charge in [0.25, 0.3) is 5.91 Å². The number of benzene rings is 1. The van der Waals surface area contributed by atoms with Gasteiger partial charge in [0.15, 0.2) is 0 Å². The molecule has 2 rings (SSSR count). The number of hydrogen-bond donors (Lipinski definition) is 2. The van der Waals surface area contributed by atoms with Gasteiger partial charge in [-0.2, -0.15) is 0 Å². The SMILES string of the molecule is CC1(NC(=O)c2ccccc2N)CCC1. The van der Waals surface area contributed by atoms with Crippen molar-refractivity contribution in [2.75, 3.05) is 5.73 Å². The molecule has 15 heavy (non-hydrogen) atoms. The van der Waals surface area contributed by atoms with Crippen LogP contribution in [0.25, 0.3) is 0 Å². The molecule has 0 bridgehead atoms. The van der Waals surface area contributed by atoms with E-state index in [1.165, 1.54) is 6.42 Å². The third-order valence-electron chi connectivity index (χ3n) is 3.08. The normalized spacial score (nSPS) is 17.9. The van der Waals surface area contributed by atoms with Crippen molar-refractivity contribution in [2.45, 2.75) is 31.7 Å². The predicted molar refractivity (Wildman–Crippen MR) is 60.6 cm³/mol. The third kappa shape index (κ3) is 1.96. The third-order valence-corrected chi connectivity index (χ3v) is 3.08. The Bertz CT molecular complexity index is 383. The average Bonchev–Trinajstić information content (AvgIpc) is 2.16. The molecule has 0 heterocycles. The van der Waals surface area contributed by atoms with E-state index in [4.69, 9.17) is 5.73 Å². The van der Waals surface area contributed by atoms with Crippen LogP contribution in [0.5, 0.6) is 0 Å². The fourth-order valence-corrected chi connectivity index (χ4v) is 1.88. The molecule has 0 atom stereocenters. The van der Waals surface area contributed by atoms with E-state index >= 15 is 0 Å². The van der Waals surface area contributed by atoms with E-state index in [0.717, 1.165) is 12.8 Å². The van der Waals surface area contributed by atoms with Crippen molar-refractivity contribution in [1.82, 2.24) is 5.32 Å². The summed E-state index contributed by atoms with van der Waals surface area (Å²) in [5, 5.41) is 3.03. The lowest BCUT2D eigenvalue weighted by atomic mass is 9.78. The summed E-state index contributed by atoms with van der Waals surface area (Å²) < 4.78 is 0. The molecule has 0 saturated heterocycles. The Kier molecular flexibility index (Phi) is 2.39. The number of para-hydroxylation sites is 1. The number of rotatable bonds is 2. The highest BCUT2D eigenvalue weighted by Crippen LogP contribution is 2.31. The van der Waals surface area contributed by atoms with Crippen LogP contribution in [-0.4, -0.2) is 11.4 Å². The second kappa shape index (κ2) is 3.57. The summed E-state index contributed by atoms with van der Waals surface area (Å²) in [5.74, 6) is -0.0599. The fourth-order valence-electron chi connectivity index (χ4n) is 1.88. The number of nitrogens with one attached hydrogen (secondary N) is 1. The molecule has 0 aromatic heterocycles. The van der Waals surface area contributed by atoms with Gasteiger partial charge in [0.05, 0.1) is 5.56 Å². The minimum Gasteiger partial charge on any atom is -0.398 e. The second-order valence-electron chi connectivity index (χ2n) is 4.46. The molecule has 80 valence electrons. The molecule has 1 aliphatic carbocycles. The van der Waals surface area contributed by atoms with Crippen LogP contribution in [0, 0.1) is 0 Å². The molecule has 1 fully saturated rings. The van der Waals surface area contributed by atoms with Gasteiger partial charge in [-0.05, 0) is 38.3 Å². The number of anilines is 1. The van der Waals surface area contributed by atoms with Crippen LogP contribution in [-0.2, 0) is 0 Å². The first-order valence-corrected chi connectivity index (χ1v) is 5.28. The maximum atomic E-state index is 11.9. The lowest BCUT2D eigenvalue weighted by Crippen LogP contribution is -2.51. The van der Waals surface area contributed by atoms with Crippen molar-refractivity contribution < 1.29 is 4.79 Å². The number of nitrogens with two attached hydrogens (primary N) is 1. The first-order chi connectivity index (χ1) is 7.11. The van der Waals surface area contributed by atoms with Crippen molar-refractivity contribution >= 4 is 11.6 Å². The van der Waals surface area contributed by atoms with Gasteiger partial charge in [0, 0.05) is 11.2 Å². The summed E-state index contributed by atoms with van der Waals surface area (Å²) >= 11 is 0. The van der Waals surface area contributed by atoms with Gasteiger partial charge in [-0.3, -0.25) is 4.79 Å². The van der Waals surface area contributed by atoms with E-state index in [1.54, 1.807) is 12.1 Å². The van der Waals surface area contributed by atoms with E-state index in [-0.39, 0.29) is 11.4 Å². The topological polar surface area (TPSA) is 55.1 Å². The number of hydrogen-bond acceptors (Lipinski definition) is 2. The summed E-state index contributed by atoms with van der Waals surface area (Å²) in [7, 11) is 0. The van der Waals surface area contributed by atoms with Crippen LogP contribution < -0.4 is 11.1 Å². The Morgan fingerprint density at radius 3 is 2.60 bits per heavy atom. The summed E-state index contributed by atoms with van der Waals surface area (Å²) in [4.78, 5) is 11.9. The van der Waals surface area contributed by atoms with Crippen molar-refractivity contribution in [1.29, 1.82) is 0 Å². The Morgan fingerprint density at radius 1 is 1.40 bits per heavy atom. The van der Waals surface area contributed by atoms with Crippen molar-refractivity contribution in [3.63, 3.8) is 0 Å². The number of carbonyl (C=O) groups is 1. The number of amides is 1. The van der Waals surface area contributed by atoms with E-state index in [2.05, 4.69) is 12.2 Å².